The molecule has 1 aliphatic heterocycles. The summed E-state index contributed by atoms with van der Waals surface area (Å²) in [6.45, 7) is 1.65. The van der Waals surface area contributed by atoms with Crippen LogP contribution in [0.5, 0.6) is 0 Å². The van der Waals surface area contributed by atoms with Crippen molar-refractivity contribution in [1.82, 2.24) is 9.80 Å². The lowest BCUT2D eigenvalue weighted by Gasteiger charge is -2.35. The first-order valence-corrected chi connectivity index (χ1v) is 7.03. The lowest BCUT2D eigenvalue weighted by molar-refractivity contribution is -0.146. The van der Waals surface area contributed by atoms with Gasteiger partial charge in [0.15, 0.2) is 0 Å². The summed E-state index contributed by atoms with van der Waals surface area (Å²) >= 11 is 0. The van der Waals surface area contributed by atoms with E-state index in [1.165, 1.54) is 19.2 Å². The third kappa shape index (κ3) is 4.02. The molecule has 1 aromatic carbocycles. The van der Waals surface area contributed by atoms with Gasteiger partial charge in [-0.3, -0.25) is 14.5 Å². The number of amides is 1. The molecule has 7 heteroatoms. The summed E-state index contributed by atoms with van der Waals surface area (Å²) < 4.78 is 18.8. The summed E-state index contributed by atoms with van der Waals surface area (Å²) in [5.41, 5.74) is 0.518. The highest BCUT2D eigenvalue weighted by molar-refractivity contribution is 5.86. The predicted molar refractivity (Wildman–Crippen MR) is 76.8 cm³/mol. The Balaban J connectivity index is 2.28. The van der Waals surface area contributed by atoms with Crippen LogP contribution in [0.4, 0.5) is 4.39 Å². The lowest BCUT2D eigenvalue weighted by Crippen LogP contribution is -2.47. The highest BCUT2D eigenvalue weighted by Crippen LogP contribution is 2.24. The molecule has 6 nitrogen and oxygen atoms in total. The van der Waals surface area contributed by atoms with E-state index in [0.717, 1.165) is 4.90 Å². The summed E-state index contributed by atoms with van der Waals surface area (Å²) in [6, 6.07) is 5.14. The van der Waals surface area contributed by atoms with Gasteiger partial charge in [-0.1, -0.05) is 12.1 Å². The van der Waals surface area contributed by atoms with E-state index < -0.39 is 24.4 Å². The predicted octanol–water partition coefficient (Wildman–Crippen LogP) is 0.742. The van der Waals surface area contributed by atoms with Gasteiger partial charge >= 0.3 is 5.97 Å². The zero-order chi connectivity index (χ0) is 16.1. The summed E-state index contributed by atoms with van der Waals surface area (Å²) in [6.07, 6.45) is 0. The largest absolute Gasteiger partial charge is 0.480 e. The third-order valence-corrected chi connectivity index (χ3v) is 3.56. The molecule has 2 rings (SSSR count). The minimum Gasteiger partial charge on any atom is -0.480 e. The number of likely N-dealkylation sites (N-methyl/N-ethyl adjacent to an activating group) is 1. The number of benzene rings is 1. The van der Waals surface area contributed by atoms with Crippen molar-refractivity contribution in [3.63, 3.8) is 0 Å². The molecule has 0 saturated carbocycles. The molecular weight excluding hydrogens is 291 g/mol. The molecule has 1 amide bonds. The van der Waals surface area contributed by atoms with Crippen LogP contribution in [0.3, 0.4) is 0 Å². The molecule has 1 fully saturated rings. The molecule has 0 spiro atoms. The number of hydrogen-bond donors (Lipinski definition) is 1. The molecule has 1 heterocycles. The van der Waals surface area contributed by atoms with E-state index in [1.54, 1.807) is 12.1 Å². The molecule has 0 bridgehead atoms. The van der Waals surface area contributed by atoms with Gasteiger partial charge in [-0.25, -0.2) is 4.39 Å². The maximum absolute atomic E-state index is 13.5. The molecule has 1 N–H and O–H groups in total. The Hall–Kier alpha value is -1.99. The van der Waals surface area contributed by atoms with Crippen LogP contribution in [0.1, 0.15) is 11.6 Å². The molecule has 1 aliphatic rings. The minimum absolute atomic E-state index is 0.366. The van der Waals surface area contributed by atoms with Crippen LogP contribution in [0, 0.1) is 5.82 Å². The number of hydrogen-bond acceptors (Lipinski definition) is 4. The molecule has 22 heavy (non-hydrogen) atoms. The van der Waals surface area contributed by atoms with E-state index in [4.69, 9.17) is 9.84 Å². The van der Waals surface area contributed by atoms with E-state index in [0.29, 0.717) is 31.9 Å². The normalized spacial score (nSPS) is 17.0. The van der Waals surface area contributed by atoms with Crippen LogP contribution in [0.25, 0.3) is 0 Å². The number of morpholine rings is 1. The van der Waals surface area contributed by atoms with E-state index in [2.05, 4.69) is 0 Å². The molecule has 1 atom stereocenters. The average Bonchev–Trinajstić information content (AvgIpc) is 2.48. The molecule has 1 saturated heterocycles. The third-order valence-electron chi connectivity index (χ3n) is 3.56. The molecule has 0 unspecified atom stereocenters. The smallest absolute Gasteiger partial charge is 0.323 e. The van der Waals surface area contributed by atoms with Crippen molar-refractivity contribution in [2.24, 2.45) is 0 Å². The number of carbonyl (C=O) groups excluding carboxylic acids is 1. The zero-order valence-electron chi connectivity index (χ0n) is 12.4. The Bertz CT molecular complexity index is 546. The molecule has 1 aromatic rings. The first kappa shape index (κ1) is 16.4. The van der Waals surface area contributed by atoms with Crippen molar-refractivity contribution in [2.45, 2.75) is 6.04 Å². The Kier molecular flexibility index (Phi) is 5.46. The Morgan fingerprint density at radius 1 is 1.41 bits per heavy atom. The number of ether oxygens (including phenoxy) is 1. The second-order valence-corrected chi connectivity index (χ2v) is 5.19. The fraction of sp³-hybridized carbons (Fsp3) is 0.467. The molecule has 0 aliphatic carbocycles. The van der Waals surface area contributed by atoms with Crippen LogP contribution in [0.2, 0.25) is 0 Å². The average molecular weight is 310 g/mol. The molecular formula is C15H19FN2O4. The summed E-state index contributed by atoms with van der Waals surface area (Å²) in [4.78, 5) is 26.5. The van der Waals surface area contributed by atoms with Gasteiger partial charge in [-0.15, -0.1) is 0 Å². The van der Waals surface area contributed by atoms with Gasteiger partial charge in [0.25, 0.3) is 0 Å². The van der Waals surface area contributed by atoms with Gasteiger partial charge < -0.3 is 14.7 Å². The number of nitrogens with zero attached hydrogens (tertiary/aromatic N) is 2. The van der Waals surface area contributed by atoms with E-state index in [1.807, 2.05) is 4.90 Å². The number of aliphatic carboxylic acids is 1. The topological polar surface area (TPSA) is 70.1 Å². The summed E-state index contributed by atoms with van der Waals surface area (Å²) in [5, 5.41) is 8.85. The van der Waals surface area contributed by atoms with Crippen LogP contribution < -0.4 is 0 Å². The van der Waals surface area contributed by atoms with Crippen LogP contribution in [0.15, 0.2) is 24.3 Å². The first-order chi connectivity index (χ1) is 10.5. The quantitative estimate of drug-likeness (QED) is 0.869. The van der Waals surface area contributed by atoms with Crippen LogP contribution in [-0.4, -0.2) is 66.7 Å². The van der Waals surface area contributed by atoms with Gasteiger partial charge in [0.2, 0.25) is 5.91 Å². The fourth-order valence-corrected chi connectivity index (χ4v) is 2.51. The van der Waals surface area contributed by atoms with Crippen LogP contribution >= 0.6 is 0 Å². The van der Waals surface area contributed by atoms with E-state index >= 15 is 0 Å². The first-order valence-electron chi connectivity index (χ1n) is 7.03. The molecule has 0 radical (unpaired) electrons. The van der Waals surface area contributed by atoms with Crippen molar-refractivity contribution in [3.8, 4) is 0 Å². The van der Waals surface area contributed by atoms with E-state index in [-0.39, 0.29) is 5.91 Å². The van der Waals surface area contributed by atoms with Crippen molar-refractivity contribution in [1.29, 1.82) is 0 Å². The zero-order valence-corrected chi connectivity index (χ0v) is 12.4. The summed E-state index contributed by atoms with van der Waals surface area (Å²) in [7, 11) is 1.43. The van der Waals surface area contributed by atoms with Gasteiger partial charge in [-0.2, -0.15) is 0 Å². The maximum atomic E-state index is 13.5. The second-order valence-electron chi connectivity index (χ2n) is 5.19. The highest BCUT2D eigenvalue weighted by atomic mass is 19.1. The van der Waals surface area contributed by atoms with Gasteiger partial charge in [-0.05, 0) is 17.7 Å². The monoisotopic (exact) mass is 310 g/mol. The lowest BCUT2D eigenvalue weighted by atomic mass is 10.0. The van der Waals surface area contributed by atoms with Crippen molar-refractivity contribution >= 4 is 11.9 Å². The number of carbonyl (C=O) groups is 2. The maximum Gasteiger partial charge on any atom is 0.323 e. The highest BCUT2D eigenvalue weighted by Gasteiger charge is 2.31. The number of carboxylic acids is 1. The van der Waals surface area contributed by atoms with Crippen LogP contribution in [-0.2, 0) is 14.3 Å². The number of carboxylic acid groups (broad SMARTS) is 1. The van der Waals surface area contributed by atoms with Crippen molar-refractivity contribution in [2.75, 3.05) is 39.9 Å². The van der Waals surface area contributed by atoms with Gasteiger partial charge in [0.1, 0.15) is 18.4 Å². The Labute approximate surface area is 128 Å². The fourth-order valence-electron chi connectivity index (χ4n) is 2.51. The van der Waals surface area contributed by atoms with E-state index in [9.17, 15) is 14.0 Å². The molecule has 120 valence electrons. The number of rotatable bonds is 5. The summed E-state index contributed by atoms with van der Waals surface area (Å²) in [5.74, 6) is -1.88. The van der Waals surface area contributed by atoms with Gasteiger partial charge in [0, 0.05) is 20.1 Å². The van der Waals surface area contributed by atoms with Crippen molar-refractivity contribution < 1.29 is 23.8 Å². The van der Waals surface area contributed by atoms with Crippen molar-refractivity contribution in [3.05, 3.63) is 35.6 Å². The Morgan fingerprint density at radius 2 is 2.09 bits per heavy atom. The minimum atomic E-state index is -1.09. The van der Waals surface area contributed by atoms with Gasteiger partial charge in [0.05, 0.1) is 13.2 Å². The standard InChI is InChI=1S/C15H19FN2O4/c1-17(10-13(19)20)15(21)14(18-5-7-22-8-6-18)11-3-2-4-12(16)9-11/h2-4,9,14H,5-8,10H2,1H3,(H,19,20)/t14-/m1/s1. The number of halogens is 1. The molecule has 0 aromatic heterocycles. The SMILES string of the molecule is CN(CC(=O)O)C(=O)[C@@H](c1cccc(F)c1)N1CCOCC1. The Morgan fingerprint density at radius 3 is 2.68 bits per heavy atom. The second kappa shape index (κ2) is 7.33.